The highest BCUT2D eigenvalue weighted by Gasteiger charge is 2.05. The van der Waals surface area contributed by atoms with Gasteiger partial charge in [0.05, 0.1) is 6.10 Å². The molecule has 0 amide bonds. The van der Waals surface area contributed by atoms with Gasteiger partial charge in [0, 0.05) is 5.75 Å². The highest BCUT2D eigenvalue weighted by atomic mass is 32.2. The molecule has 1 unspecified atom stereocenters. The standard InChI is InChI=1S/C13H20OS/c1-11(2)9-15-10-13(14)8-12-6-4-3-5-7-12/h3-7,11,13-14H,8-10H2,1-2H3. The molecule has 0 fully saturated rings. The first-order valence-electron chi connectivity index (χ1n) is 5.48. The van der Waals surface area contributed by atoms with E-state index in [2.05, 4.69) is 26.0 Å². The summed E-state index contributed by atoms with van der Waals surface area (Å²) in [6.07, 6.45) is 0.558. The van der Waals surface area contributed by atoms with Gasteiger partial charge < -0.3 is 5.11 Å². The predicted molar refractivity (Wildman–Crippen MR) is 68.3 cm³/mol. The Hall–Kier alpha value is -0.470. The molecule has 0 bridgehead atoms. The molecule has 1 aromatic carbocycles. The molecule has 0 saturated carbocycles. The zero-order chi connectivity index (χ0) is 11.1. The van der Waals surface area contributed by atoms with Crippen LogP contribution in [0.5, 0.6) is 0 Å². The first kappa shape index (κ1) is 12.6. The fraction of sp³-hybridized carbons (Fsp3) is 0.538. The Kier molecular flexibility index (Phi) is 5.81. The highest BCUT2D eigenvalue weighted by Crippen LogP contribution is 2.11. The largest absolute Gasteiger partial charge is 0.392 e. The number of thioether (sulfide) groups is 1. The fourth-order valence-corrected chi connectivity index (χ4v) is 2.38. The molecule has 0 radical (unpaired) electrons. The minimum Gasteiger partial charge on any atom is -0.392 e. The Balaban J connectivity index is 2.21. The summed E-state index contributed by atoms with van der Waals surface area (Å²) in [5, 5.41) is 9.79. The first-order valence-corrected chi connectivity index (χ1v) is 6.63. The van der Waals surface area contributed by atoms with Crippen molar-refractivity contribution in [2.45, 2.75) is 26.4 Å². The molecule has 1 nitrogen and oxygen atoms in total. The van der Waals surface area contributed by atoms with Crippen LogP contribution in [0.1, 0.15) is 19.4 Å². The second-order valence-corrected chi connectivity index (χ2v) is 5.35. The lowest BCUT2D eigenvalue weighted by molar-refractivity contribution is 0.200. The van der Waals surface area contributed by atoms with E-state index in [-0.39, 0.29) is 6.10 Å². The first-order chi connectivity index (χ1) is 7.18. The van der Waals surface area contributed by atoms with E-state index in [0.29, 0.717) is 5.92 Å². The van der Waals surface area contributed by atoms with Gasteiger partial charge in [0.2, 0.25) is 0 Å². The van der Waals surface area contributed by atoms with Crippen LogP contribution in [-0.4, -0.2) is 22.7 Å². The van der Waals surface area contributed by atoms with E-state index < -0.39 is 0 Å². The molecule has 1 atom stereocenters. The number of benzene rings is 1. The van der Waals surface area contributed by atoms with Gasteiger partial charge in [0.1, 0.15) is 0 Å². The molecule has 0 saturated heterocycles. The van der Waals surface area contributed by atoms with E-state index in [1.54, 1.807) is 0 Å². The molecule has 1 N–H and O–H groups in total. The van der Waals surface area contributed by atoms with E-state index in [4.69, 9.17) is 0 Å². The number of rotatable bonds is 6. The van der Waals surface area contributed by atoms with Gasteiger partial charge in [-0.25, -0.2) is 0 Å². The molecule has 0 aliphatic rings. The van der Waals surface area contributed by atoms with E-state index in [1.807, 2.05) is 30.0 Å². The summed E-state index contributed by atoms with van der Waals surface area (Å²) in [4.78, 5) is 0. The molecule has 0 spiro atoms. The summed E-state index contributed by atoms with van der Waals surface area (Å²) in [6.45, 7) is 4.41. The molecular formula is C13H20OS. The van der Waals surface area contributed by atoms with Crippen LogP contribution in [0, 0.1) is 5.92 Å². The Morgan fingerprint density at radius 1 is 1.13 bits per heavy atom. The third kappa shape index (κ3) is 5.85. The van der Waals surface area contributed by atoms with Crippen molar-refractivity contribution in [1.82, 2.24) is 0 Å². The van der Waals surface area contributed by atoms with Gasteiger partial charge in [-0.1, -0.05) is 44.2 Å². The summed E-state index contributed by atoms with van der Waals surface area (Å²) in [7, 11) is 0. The van der Waals surface area contributed by atoms with Crippen LogP contribution in [0.2, 0.25) is 0 Å². The lowest BCUT2D eigenvalue weighted by Crippen LogP contribution is -2.14. The van der Waals surface area contributed by atoms with Crippen molar-refractivity contribution >= 4 is 11.8 Å². The number of hydrogen-bond donors (Lipinski definition) is 1. The predicted octanol–water partition coefficient (Wildman–Crippen LogP) is 2.98. The second-order valence-electron chi connectivity index (χ2n) is 4.27. The average molecular weight is 224 g/mol. The van der Waals surface area contributed by atoms with Crippen molar-refractivity contribution in [2.24, 2.45) is 5.92 Å². The Morgan fingerprint density at radius 2 is 1.80 bits per heavy atom. The fourth-order valence-electron chi connectivity index (χ4n) is 1.38. The van der Waals surface area contributed by atoms with Crippen molar-refractivity contribution in [2.75, 3.05) is 11.5 Å². The Morgan fingerprint density at radius 3 is 2.40 bits per heavy atom. The molecule has 1 aromatic rings. The molecule has 0 aliphatic heterocycles. The van der Waals surface area contributed by atoms with Crippen LogP contribution in [0.25, 0.3) is 0 Å². The van der Waals surface area contributed by atoms with Gasteiger partial charge in [0.25, 0.3) is 0 Å². The molecule has 0 aromatic heterocycles. The lowest BCUT2D eigenvalue weighted by atomic mass is 10.1. The van der Waals surface area contributed by atoms with Gasteiger partial charge in [-0.2, -0.15) is 11.8 Å². The Labute approximate surface area is 96.9 Å². The van der Waals surface area contributed by atoms with Gasteiger partial charge in [-0.3, -0.25) is 0 Å². The smallest absolute Gasteiger partial charge is 0.0670 e. The normalized spacial score (nSPS) is 13.1. The minimum absolute atomic E-state index is 0.212. The zero-order valence-corrected chi connectivity index (χ0v) is 10.3. The Bertz CT molecular complexity index is 258. The van der Waals surface area contributed by atoms with Crippen molar-refractivity contribution in [3.05, 3.63) is 35.9 Å². The van der Waals surface area contributed by atoms with Gasteiger partial charge >= 0.3 is 0 Å². The SMILES string of the molecule is CC(C)CSCC(O)Cc1ccccc1. The molecule has 0 heterocycles. The van der Waals surface area contributed by atoms with Gasteiger partial charge in [0.15, 0.2) is 0 Å². The number of aliphatic hydroxyl groups is 1. The summed E-state index contributed by atoms with van der Waals surface area (Å²) >= 11 is 1.84. The molecule has 15 heavy (non-hydrogen) atoms. The lowest BCUT2D eigenvalue weighted by Gasteiger charge is -2.11. The quantitative estimate of drug-likeness (QED) is 0.801. The second kappa shape index (κ2) is 6.91. The minimum atomic E-state index is -0.212. The summed E-state index contributed by atoms with van der Waals surface area (Å²) in [6, 6.07) is 10.2. The van der Waals surface area contributed by atoms with Gasteiger partial charge in [-0.15, -0.1) is 0 Å². The number of aliphatic hydroxyl groups excluding tert-OH is 1. The molecule has 1 rings (SSSR count). The van der Waals surface area contributed by atoms with Crippen LogP contribution >= 0.6 is 11.8 Å². The number of hydrogen-bond acceptors (Lipinski definition) is 2. The van der Waals surface area contributed by atoms with Crippen LogP contribution < -0.4 is 0 Å². The average Bonchev–Trinajstić information content (AvgIpc) is 2.18. The van der Waals surface area contributed by atoms with Crippen LogP contribution in [-0.2, 0) is 6.42 Å². The van der Waals surface area contributed by atoms with Crippen LogP contribution in [0.15, 0.2) is 30.3 Å². The maximum Gasteiger partial charge on any atom is 0.0670 e. The highest BCUT2D eigenvalue weighted by molar-refractivity contribution is 7.99. The van der Waals surface area contributed by atoms with Crippen LogP contribution in [0.3, 0.4) is 0 Å². The third-order valence-corrected chi connectivity index (χ3v) is 3.60. The van der Waals surface area contributed by atoms with Gasteiger partial charge in [-0.05, 0) is 23.7 Å². The third-order valence-electron chi connectivity index (χ3n) is 2.08. The summed E-state index contributed by atoms with van der Waals surface area (Å²) < 4.78 is 0. The maximum absolute atomic E-state index is 9.79. The van der Waals surface area contributed by atoms with Crippen LogP contribution in [0.4, 0.5) is 0 Å². The maximum atomic E-state index is 9.79. The van der Waals surface area contributed by atoms with E-state index in [1.165, 1.54) is 5.56 Å². The van der Waals surface area contributed by atoms with Crippen molar-refractivity contribution in [3.63, 3.8) is 0 Å². The van der Waals surface area contributed by atoms with Crippen molar-refractivity contribution in [1.29, 1.82) is 0 Å². The summed E-state index contributed by atoms with van der Waals surface area (Å²) in [5.41, 5.74) is 1.22. The monoisotopic (exact) mass is 224 g/mol. The van der Waals surface area contributed by atoms with Crippen molar-refractivity contribution < 1.29 is 5.11 Å². The zero-order valence-electron chi connectivity index (χ0n) is 9.52. The summed E-state index contributed by atoms with van der Waals surface area (Å²) in [5.74, 6) is 2.68. The molecule has 0 aliphatic carbocycles. The van der Waals surface area contributed by atoms with E-state index in [9.17, 15) is 5.11 Å². The molecule has 2 heteroatoms. The topological polar surface area (TPSA) is 20.2 Å². The van der Waals surface area contributed by atoms with E-state index in [0.717, 1.165) is 17.9 Å². The van der Waals surface area contributed by atoms with Crippen molar-refractivity contribution in [3.8, 4) is 0 Å². The molecular weight excluding hydrogens is 204 g/mol. The molecule has 84 valence electrons. The van der Waals surface area contributed by atoms with E-state index >= 15 is 0 Å².